The third-order valence-corrected chi connectivity index (χ3v) is 8.31. The van der Waals surface area contributed by atoms with Crippen molar-refractivity contribution in [2.45, 2.75) is 24.1 Å². The molecular formula is C23H25N3O4S2. The largest absolute Gasteiger partial charge is 0.478 e. The number of carboxylic acids is 1. The Morgan fingerprint density at radius 3 is 2.59 bits per heavy atom. The van der Waals surface area contributed by atoms with Gasteiger partial charge in [-0.2, -0.15) is 0 Å². The second kappa shape index (κ2) is 8.84. The molecular weight excluding hydrogens is 446 g/mol. The number of carbonyl (C=O) groups is 1. The number of aryl methyl sites for hydroxylation is 1. The quantitative estimate of drug-likeness (QED) is 0.558. The first-order valence-corrected chi connectivity index (χ1v) is 12.6. The summed E-state index contributed by atoms with van der Waals surface area (Å²) in [5.74, 6) is -1.11. The maximum absolute atomic E-state index is 12.8. The lowest BCUT2D eigenvalue weighted by molar-refractivity contribution is 0.0697. The van der Waals surface area contributed by atoms with E-state index in [2.05, 4.69) is 46.6 Å². The average molecular weight is 472 g/mol. The van der Waals surface area contributed by atoms with Gasteiger partial charge in [0.15, 0.2) is 0 Å². The van der Waals surface area contributed by atoms with Crippen molar-refractivity contribution in [3.8, 4) is 0 Å². The van der Waals surface area contributed by atoms with Crippen molar-refractivity contribution < 1.29 is 18.3 Å². The van der Waals surface area contributed by atoms with E-state index in [1.165, 1.54) is 23.8 Å². The van der Waals surface area contributed by atoms with Gasteiger partial charge < -0.3 is 14.9 Å². The molecule has 1 aliphatic rings. The summed E-state index contributed by atoms with van der Waals surface area (Å²) in [6.45, 7) is 6.32. The number of hydrogen-bond acceptors (Lipinski definition) is 6. The number of hydrogen-bond donors (Lipinski definition) is 2. The van der Waals surface area contributed by atoms with Gasteiger partial charge >= 0.3 is 5.97 Å². The molecule has 7 nitrogen and oxygen atoms in total. The van der Waals surface area contributed by atoms with Crippen LogP contribution in [-0.4, -0.2) is 45.2 Å². The van der Waals surface area contributed by atoms with Gasteiger partial charge in [0.2, 0.25) is 0 Å². The third-order valence-electron chi connectivity index (χ3n) is 5.55. The number of rotatable bonds is 6. The molecule has 0 radical (unpaired) electrons. The van der Waals surface area contributed by atoms with Crippen LogP contribution in [-0.2, 0) is 10.0 Å². The number of benzene rings is 2. The van der Waals surface area contributed by atoms with Crippen LogP contribution in [0.25, 0.3) is 0 Å². The lowest BCUT2D eigenvalue weighted by Crippen LogP contribution is -2.52. The summed E-state index contributed by atoms with van der Waals surface area (Å²) in [6, 6.07) is 16.3. The van der Waals surface area contributed by atoms with E-state index in [4.69, 9.17) is 0 Å². The van der Waals surface area contributed by atoms with E-state index in [1.807, 2.05) is 6.07 Å². The first-order chi connectivity index (χ1) is 15.2. The minimum absolute atomic E-state index is 0.0316. The van der Waals surface area contributed by atoms with Crippen LogP contribution in [0.5, 0.6) is 0 Å². The van der Waals surface area contributed by atoms with E-state index < -0.39 is 16.0 Å². The molecule has 0 spiro atoms. The summed E-state index contributed by atoms with van der Waals surface area (Å²) < 4.78 is 28.5. The van der Waals surface area contributed by atoms with Crippen LogP contribution < -0.4 is 14.5 Å². The van der Waals surface area contributed by atoms with Crippen LogP contribution in [0.3, 0.4) is 0 Å². The molecule has 4 rings (SSSR count). The first kappa shape index (κ1) is 22.2. The number of anilines is 3. The third kappa shape index (κ3) is 4.58. The molecule has 0 bridgehead atoms. The predicted molar refractivity (Wildman–Crippen MR) is 129 cm³/mol. The molecule has 1 fully saturated rings. The molecule has 168 valence electrons. The Kier molecular flexibility index (Phi) is 6.12. The zero-order chi connectivity index (χ0) is 22.9. The summed E-state index contributed by atoms with van der Waals surface area (Å²) in [4.78, 5) is 16.0. The zero-order valence-electron chi connectivity index (χ0n) is 17.9. The van der Waals surface area contributed by atoms with E-state index in [9.17, 15) is 18.3 Å². The highest BCUT2D eigenvalue weighted by Gasteiger charge is 2.27. The van der Waals surface area contributed by atoms with E-state index in [-0.39, 0.29) is 21.5 Å². The molecule has 32 heavy (non-hydrogen) atoms. The van der Waals surface area contributed by atoms with Crippen molar-refractivity contribution in [1.82, 2.24) is 0 Å². The number of thiophene rings is 1. The van der Waals surface area contributed by atoms with Gasteiger partial charge in [0.05, 0.1) is 16.9 Å². The fraction of sp³-hybridized carbons (Fsp3) is 0.261. The highest BCUT2D eigenvalue weighted by atomic mass is 32.2. The molecule has 2 aromatic carbocycles. The Morgan fingerprint density at radius 2 is 1.94 bits per heavy atom. The standard InChI is InChI=1S/C23H25N3O4S2/c1-16-5-3-6-19(13-16)26-11-10-25(15-17(26)2)21-9-8-18(23(27)28)14-20(21)24-32(29,30)22-7-4-12-31-22/h3-9,12-14,17,24H,10-11,15H2,1-2H3,(H,27,28)/t17-/m0/s1. The predicted octanol–water partition coefficient (Wildman–Crippen LogP) is 4.27. The van der Waals surface area contributed by atoms with E-state index in [1.54, 1.807) is 17.5 Å². The highest BCUT2D eigenvalue weighted by Crippen LogP contribution is 2.33. The monoisotopic (exact) mass is 471 g/mol. The van der Waals surface area contributed by atoms with Gasteiger partial charge in [0.1, 0.15) is 4.21 Å². The topological polar surface area (TPSA) is 89.9 Å². The number of nitrogens with one attached hydrogen (secondary N) is 1. The molecule has 3 aromatic rings. The first-order valence-electron chi connectivity index (χ1n) is 10.3. The van der Waals surface area contributed by atoms with Crippen molar-refractivity contribution >= 4 is 44.4 Å². The molecule has 1 aromatic heterocycles. The summed E-state index contributed by atoms with van der Waals surface area (Å²) in [7, 11) is -3.81. The number of nitrogens with zero attached hydrogens (tertiary/aromatic N) is 2. The molecule has 1 aliphatic heterocycles. The van der Waals surface area contributed by atoms with Crippen LogP contribution in [0.2, 0.25) is 0 Å². The Morgan fingerprint density at radius 1 is 1.12 bits per heavy atom. The zero-order valence-corrected chi connectivity index (χ0v) is 19.5. The molecule has 1 saturated heterocycles. The second-order valence-electron chi connectivity index (χ2n) is 7.90. The molecule has 9 heteroatoms. The van der Waals surface area contributed by atoms with Gasteiger partial charge in [0.25, 0.3) is 10.0 Å². The van der Waals surface area contributed by atoms with Crippen LogP contribution in [0.15, 0.2) is 64.2 Å². The van der Waals surface area contributed by atoms with Crippen molar-refractivity contribution in [2.24, 2.45) is 0 Å². The number of piperazine rings is 1. The maximum atomic E-state index is 12.8. The van der Waals surface area contributed by atoms with E-state index in [0.29, 0.717) is 18.8 Å². The van der Waals surface area contributed by atoms with Gasteiger partial charge in [-0.3, -0.25) is 4.72 Å². The lowest BCUT2D eigenvalue weighted by Gasteiger charge is -2.43. The van der Waals surface area contributed by atoms with Crippen molar-refractivity contribution in [3.05, 3.63) is 71.1 Å². The summed E-state index contributed by atoms with van der Waals surface area (Å²) in [6.07, 6.45) is 0. The van der Waals surface area contributed by atoms with Gasteiger partial charge in [-0.05, 0) is 61.2 Å². The Bertz CT molecular complexity index is 1230. The van der Waals surface area contributed by atoms with Gasteiger partial charge in [-0.25, -0.2) is 13.2 Å². The van der Waals surface area contributed by atoms with Crippen LogP contribution >= 0.6 is 11.3 Å². The molecule has 0 unspecified atom stereocenters. The normalized spacial score (nSPS) is 16.8. The van der Waals surface area contributed by atoms with Crippen LogP contribution in [0.4, 0.5) is 17.1 Å². The Hall–Kier alpha value is -3.04. The van der Waals surface area contributed by atoms with Gasteiger partial charge in [-0.15, -0.1) is 11.3 Å². The average Bonchev–Trinajstić information content (AvgIpc) is 3.29. The molecule has 0 aliphatic carbocycles. The fourth-order valence-electron chi connectivity index (χ4n) is 4.00. The van der Waals surface area contributed by atoms with Gasteiger partial charge in [-0.1, -0.05) is 18.2 Å². The van der Waals surface area contributed by atoms with Gasteiger partial charge in [0, 0.05) is 31.4 Å². The summed E-state index contributed by atoms with van der Waals surface area (Å²) in [5.41, 5.74) is 3.34. The van der Waals surface area contributed by atoms with Crippen LogP contribution in [0, 0.1) is 6.92 Å². The molecule has 2 N–H and O–H groups in total. The summed E-state index contributed by atoms with van der Waals surface area (Å²) >= 11 is 1.11. The number of sulfonamides is 1. The smallest absolute Gasteiger partial charge is 0.335 e. The van der Waals surface area contributed by atoms with Crippen molar-refractivity contribution in [3.63, 3.8) is 0 Å². The molecule has 0 amide bonds. The minimum atomic E-state index is -3.81. The minimum Gasteiger partial charge on any atom is -0.478 e. The lowest BCUT2D eigenvalue weighted by atomic mass is 10.1. The van der Waals surface area contributed by atoms with Crippen LogP contribution in [0.1, 0.15) is 22.8 Å². The van der Waals surface area contributed by atoms with E-state index in [0.717, 1.165) is 23.6 Å². The second-order valence-corrected chi connectivity index (χ2v) is 10.8. The molecule has 1 atom stereocenters. The molecule has 2 heterocycles. The Balaban J connectivity index is 1.63. The summed E-state index contributed by atoms with van der Waals surface area (Å²) in [5, 5.41) is 11.1. The van der Waals surface area contributed by atoms with E-state index >= 15 is 0 Å². The van der Waals surface area contributed by atoms with Crippen molar-refractivity contribution in [2.75, 3.05) is 34.2 Å². The highest BCUT2D eigenvalue weighted by molar-refractivity contribution is 7.94. The SMILES string of the molecule is Cc1cccc(N2CCN(c3ccc(C(=O)O)cc3NS(=O)(=O)c3cccs3)C[C@@H]2C)c1. The number of aromatic carboxylic acids is 1. The fourth-order valence-corrected chi connectivity index (χ4v) is 6.06. The van der Waals surface area contributed by atoms with Crippen molar-refractivity contribution in [1.29, 1.82) is 0 Å². The number of carboxylic acid groups (broad SMARTS) is 1. The Labute approximate surface area is 192 Å². The molecule has 0 saturated carbocycles. The maximum Gasteiger partial charge on any atom is 0.335 e.